The molecule has 0 unspecified atom stereocenters. The minimum absolute atomic E-state index is 0.309. The Morgan fingerprint density at radius 1 is 1.34 bits per heavy atom. The molecule has 0 aliphatic carbocycles. The third-order valence-corrected chi connectivity index (χ3v) is 5.47. The molecule has 2 aromatic heterocycles. The molecule has 0 radical (unpaired) electrons. The van der Waals surface area contributed by atoms with E-state index in [2.05, 4.69) is 4.98 Å². The Kier molecular flexibility index (Phi) is 5.19. The number of fused-ring (bicyclic) bond motifs is 1. The van der Waals surface area contributed by atoms with Crippen LogP contribution in [0.2, 0.25) is 0 Å². The van der Waals surface area contributed by atoms with Gasteiger partial charge in [0.05, 0.1) is 29.9 Å². The van der Waals surface area contributed by atoms with E-state index in [9.17, 15) is 14.3 Å². The SMILES string of the molecule is COCc1cnc(-c2cc(F)c3ccn(C)c3c2)c(N2CCC(C(=O)O)CC2)n1. The molecule has 1 aromatic carbocycles. The predicted molar refractivity (Wildman–Crippen MR) is 107 cm³/mol. The summed E-state index contributed by atoms with van der Waals surface area (Å²) in [5, 5.41) is 9.83. The molecule has 7 nitrogen and oxygen atoms in total. The molecule has 0 saturated carbocycles. The first-order chi connectivity index (χ1) is 14.0. The quantitative estimate of drug-likeness (QED) is 0.711. The average Bonchev–Trinajstić information content (AvgIpc) is 3.10. The molecule has 0 amide bonds. The summed E-state index contributed by atoms with van der Waals surface area (Å²) in [5.74, 6) is -0.782. The number of rotatable bonds is 5. The molecule has 1 saturated heterocycles. The summed E-state index contributed by atoms with van der Waals surface area (Å²) < 4.78 is 21.8. The Hall–Kier alpha value is -3.00. The molecule has 1 aliphatic heterocycles. The fourth-order valence-electron chi connectivity index (χ4n) is 3.86. The highest BCUT2D eigenvalue weighted by atomic mass is 19.1. The van der Waals surface area contributed by atoms with Crippen molar-refractivity contribution in [1.29, 1.82) is 0 Å². The van der Waals surface area contributed by atoms with E-state index in [1.807, 2.05) is 28.8 Å². The van der Waals surface area contributed by atoms with Crippen LogP contribution in [0.15, 0.2) is 30.6 Å². The number of piperidine rings is 1. The number of hydrogen-bond donors (Lipinski definition) is 1. The van der Waals surface area contributed by atoms with E-state index in [1.54, 1.807) is 19.4 Å². The summed E-state index contributed by atoms with van der Waals surface area (Å²) in [6, 6.07) is 5.14. The molecule has 1 fully saturated rings. The van der Waals surface area contributed by atoms with Gasteiger partial charge < -0.3 is 19.3 Å². The second-order valence-corrected chi connectivity index (χ2v) is 7.38. The summed E-state index contributed by atoms with van der Waals surface area (Å²) in [6.07, 6.45) is 4.54. The second-order valence-electron chi connectivity index (χ2n) is 7.38. The first-order valence-electron chi connectivity index (χ1n) is 9.55. The van der Waals surface area contributed by atoms with E-state index in [0.717, 1.165) is 5.52 Å². The van der Waals surface area contributed by atoms with Crippen molar-refractivity contribution < 1.29 is 19.0 Å². The fraction of sp³-hybridized carbons (Fsp3) is 0.381. The number of aromatic nitrogens is 3. The largest absolute Gasteiger partial charge is 0.481 e. The van der Waals surface area contributed by atoms with Crippen LogP contribution in [-0.4, -0.2) is 45.8 Å². The lowest BCUT2D eigenvalue weighted by molar-refractivity contribution is -0.142. The van der Waals surface area contributed by atoms with Gasteiger partial charge in [-0.3, -0.25) is 9.78 Å². The highest BCUT2D eigenvalue weighted by molar-refractivity contribution is 5.87. The molecular weight excluding hydrogens is 375 g/mol. The van der Waals surface area contributed by atoms with Crippen LogP contribution in [0.5, 0.6) is 0 Å². The number of carbonyl (C=O) groups is 1. The Balaban J connectivity index is 1.77. The maximum Gasteiger partial charge on any atom is 0.306 e. The van der Waals surface area contributed by atoms with Gasteiger partial charge in [-0.1, -0.05) is 0 Å². The van der Waals surface area contributed by atoms with E-state index in [-0.39, 0.29) is 11.7 Å². The number of anilines is 1. The molecular formula is C21H23FN4O3. The van der Waals surface area contributed by atoms with Gasteiger partial charge in [-0.05, 0) is 31.0 Å². The Morgan fingerprint density at radius 3 is 2.79 bits per heavy atom. The lowest BCUT2D eigenvalue weighted by atomic mass is 9.97. The second kappa shape index (κ2) is 7.79. The molecule has 0 bridgehead atoms. The maximum absolute atomic E-state index is 14.7. The van der Waals surface area contributed by atoms with E-state index in [1.165, 1.54) is 6.07 Å². The fourth-order valence-corrected chi connectivity index (χ4v) is 3.86. The Morgan fingerprint density at radius 2 is 2.10 bits per heavy atom. The number of hydrogen-bond acceptors (Lipinski definition) is 5. The van der Waals surface area contributed by atoms with Gasteiger partial charge in [0, 0.05) is 44.4 Å². The zero-order valence-electron chi connectivity index (χ0n) is 16.4. The van der Waals surface area contributed by atoms with Crippen LogP contribution in [-0.2, 0) is 23.2 Å². The molecule has 1 N–H and O–H groups in total. The van der Waals surface area contributed by atoms with Gasteiger partial charge in [-0.15, -0.1) is 0 Å². The number of ether oxygens (including phenoxy) is 1. The number of aliphatic carboxylic acids is 1. The molecule has 3 heterocycles. The number of aryl methyl sites for hydroxylation is 1. The molecule has 0 spiro atoms. The molecule has 29 heavy (non-hydrogen) atoms. The standard InChI is InChI=1S/C21H23FN4O3/c1-25-6-5-16-17(22)9-14(10-18(16)25)19-20(24-15(11-23-19)12-29-2)26-7-3-13(4-8-26)21(27)28/h5-6,9-11,13H,3-4,7-8,12H2,1-2H3,(H,27,28). The van der Waals surface area contributed by atoms with E-state index >= 15 is 0 Å². The van der Waals surface area contributed by atoms with Gasteiger partial charge in [0.25, 0.3) is 0 Å². The van der Waals surface area contributed by atoms with Crippen molar-refractivity contribution in [3.05, 3.63) is 42.1 Å². The Labute approximate surface area is 167 Å². The van der Waals surface area contributed by atoms with Crippen molar-refractivity contribution in [2.75, 3.05) is 25.1 Å². The molecule has 3 aromatic rings. The van der Waals surface area contributed by atoms with Gasteiger partial charge in [0.1, 0.15) is 11.5 Å². The van der Waals surface area contributed by atoms with Gasteiger partial charge in [0.15, 0.2) is 5.82 Å². The van der Waals surface area contributed by atoms with Crippen molar-refractivity contribution in [3.8, 4) is 11.3 Å². The van der Waals surface area contributed by atoms with Crippen molar-refractivity contribution in [2.24, 2.45) is 13.0 Å². The predicted octanol–water partition coefficient (Wildman–Crippen LogP) is 3.22. The molecule has 152 valence electrons. The van der Waals surface area contributed by atoms with Gasteiger partial charge in [-0.2, -0.15) is 0 Å². The van der Waals surface area contributed by atoms with Crippen molar-refractivity contribution in [1.82, 2.24) is 14.5 Å². The van der Waals surface area contributed by atoms with Gasteiger partial charge >= 0.3 is 5.97 Å². The summed E-state index contributed by atoms with van der Waals surface area (Å²) >= 11 is 0. The van der Waals surface area contributed by atoms with Crippen molar-refractivity contribution in [2.45, 2.75) is 19.4 Å². The van der Waals surface area contributed by atoms with E-state index < -0.39 is 5.97 Å². The number of carboxylic acids is 1. The van der Waals surface area contributed by atoms with Gasteiger partial charge in [0.2, 0.25) is 0 Å². The highest BCUT2D eigenvalue weighted by Crippen LogP contribution is 2.33. The monoisotopic (exact) mass is 398 g/mol. The van der Waals surface area contributed by atoms with Crippen LogP contribution in [0.4, 0.5) is 10.2 Å². The third-order valence-electron chi connectivity index (χ3n) is 5.47. The lowest BCUT2D eigenvalue weighted by Crippen LogP contribution is -2.37. The van der Waals surface area contributed by atoms with Crippen LogP contribution >= 0.6 is 0 Å². The van der Waals surface area contributed by atoms with Gasteiger partial charge in [-0.25, -0.2) is 9.37 Å². The average molecular weight is 398 g/mol. The van der Waals surface area contributed by atoms with Crippen molar-refractivity contribution in [3.63, 3.8) is 0 Å². The number of nitrogens with zero attached hydrogens (tertiary/aromatic N) is 4. The number of methoxy groups -OCH3 is 1. The zero-order chi connectivity index (χ0) is 20.5. The maximum atomic E-state index is 14.7. The first-order valence-corrected chi connectivity index (χ1v) is 9.55. The van der Waals surface area contributed by atoms with Crippen molar-refractivity contribution >= 4 is 22.7 Å². The summed E-state index contributed by atoms with van der Waals surface area (Å²) in [5.41, 5.74) is 2.68. The highest BCUT2D eigenvalue weighted by Gasteiger charge is 2.27. The minimum Gasteiger partial charge on any atom is -0.481 e. The number of halogens is 1. The summed E-state index contributed by atoms with van der Waals surface area (Å²) in [4.78, 5) is 22.6. The summed E-state index contributed by atoms with van der Waals surface area (Å²) in [7, 11) is 3.46. The molecule has 1 aliphatic rings. The third kappa shape index (κ3) is 3.67. The van der Waals surface area contributed by atoms with Crippen LogP contribution in [0.3, 0.4) is 0 Å². The minimum atomic E-state index is -0.764. The van der Waals surface area contributed by atoms with Crippen LogP contribution in [0, 0.1) is 11.7 Å². The molecule has 8 heteroatoms. The number of benzene rings is 1. The topological polar surface area (TPSA) is 80.5 Å². The van der Waals surface area contributed by atoms with E-state index in [4.69, 9.17) is 9.72 Å². The van der Waals surface area contributed by atoms with Crippen LogP contribution < -0.4 is 4.90 Å². The van der Waals surface area contributed by atoms with Crippen LogP contribution in [0.1, 0.15) is 18.5 Å². The number of carboxylic acid groups (broad SMARTS) is 1. The lowest BCUT2D eigenvalue weighted by Gasteiger charge is -2.32. The smallest absolute Gasteiger partial charge is 0.306 e. The van der Waals surface area contributed by atoms with E-state index in [0.29, 0.717) is 60.7 Å². The zero-order valence-corrected chi connectivity index (χ0v) is 16.4. The summed E-state index contributed by atoms with van der Waals surface area (Å²) in [6.45, 7) is 1.44. The normalized spacial score (nSPS) is 15.2. The Bertz CT molecular complexity index is 1060. The molecule has 0 atom stereocenters. The molecule has 4 rings (SSSR count). The van der Waals surface area contributed by atoms with Crippen LogP contribution in [0.25, 0.3) is 22.2 Å². The first kappa shape index (κ1) is 19.3.